The Balaban J connectivity index is 1.66. The standard InChI is InChI=1S/C26H23ClFN3O4/c1-33-21-9-16(10-22(13-21)34-2)14-30-25(32)19-8-17(15-31-5-6-35-26(31)29)7-18(11-19)23-4-3-20(28)12-24(23)27/h3-13,29H,14-15H2,1-2H3,(H,30,32). The summed E-state index contributed by atoms with van der Waals surface area (Å²) >= 11 is 6.30. The summed E-state index contributed by atoms with van der Waals surface area (Å²) in [6.07, 6.45) is 3.05. The number of benzene rings is 3. The van der Waals surface area contributed by atoms with Crippen molar-refractivity contribution in [1.29, 1.82) is 5.41 Å². The zero-order chi connectivity index (χ0) is 24.9. The first-order valence-electron chi connectivity index (χ1n) is 10.6. The van der Waals surface area contributed by atoms with Crippen LogP contribution in [0.5, 0.6) is 11.5 Å². The van der Waals surface area contributed by atoms with Gasteiger partial charge in [0.1, 0.15) is 23.6 Å². The molecule has 0 atom stereocenters. The number of carbonyl (C=O) groups excluding carboxylic acids is 1. The topological polar surface area (TPSA) is 89.5 Å². The lowest BCUT2D eigenvalue weighted by molar-refractivity contribution is 0.0950. The van der Waals surface area contributed by atoms with Gasteiger partial charge in [-0.2, -0.15) is 0 Å². The molecule has 9 heteroatoms. The number of carbonyl (C=O) groups is 1. The van der Waals surface area contributed by atoms with Gasteiger partial charge in [-0.25, -0.2) is 4.39 Å². The number of methoxy groups -OCH3 is 2. The number of hydrogen-bond donors (Lipinski definition) is 2. The lowest BCUT2D eigenvalue weighted by atomic mass is 9.99. The summed E-state index contributed by atoms with van der Waals surface area (Å²) in [6.45, 7) is 0.548. The van der Waals surface area contributed by atoms with Crippen molar-refractivity contribution >= 4 is 17.5 Å². The number of oxazole rings is 1. The van der Waals surface area contributed by atoms with Crippen LogP contribution in [0, 0.1) is 11.2 Å². The molecule has 2 N–H and O–H groups in total. The molecule has 1 heterocycles. The van der Waals surface area contributed by atoms with Crippen LogP contribution in [0.2, 0.25) is 5.02 Å². The highest BCUT2D eigenvalue weighted by molar-refractivity contribution is 6.33. The number of nitrogens with one attached hydrogen (secondary N) is 2. The largest absolute Gasteiger partial charge is 0.497 e. The summed E-state index contributed by atoms with van der Waals surface area (Å²) in [7, 11) is 3.12. The van der Waals surface area contributed by atoms with Crippen molar-refractivity contribution < 1.29 is 23.1 Å². The zero-order valence-corrected chi connectivity index (χ0v) is 19.9. The van der Waals surface area contributed by atoms with E-state index in [1.165, 1.54) is 18.4 Å². The van der Waals surface area contributed by atoms with Crippen LogP contribution in [0.4, 0.5) is 4.39 Å². The molecule has 180 valence electrons. The predicted octanol–water partition coefficient (Wildman–Crippen LogP) is 5.02. The van der Waals surface area contributed by atoms with Crippen LogP contribution in [0.3, 0.4) is 0 Å². The summed E-state index contributed by atoms with van der Waals surface area (Å²) in [4.78, 5) is 13.1. The van der Waals surface area contributed by atoms with E-state index in [0.717, 1.165) is 11.1 Å². The van der Waals surface area contributed by atoms with E-state index >= 15 is 0 Å². The number of amides is 1. The van der Waals surface area contributed by atoms with E-state index < -0.39 is 5.82 Å². The molecule has 0 bridgehead atoms. The maximum atomic E-state index is 13.6. The summed E-state index contributed by atoms with van der Waals surface area (Å²) in [5, 5.41) is 11.0. The molecule has 4 aromatic rings. The van der Waals surface area contributed by atoms with Crippen molar-refractivity contribution in [2.45, 2.75) is 13.1 Å². The molecule has 0 saturated heterocycles. The van der Waals surface area contributed by atoms with E-state index in [4.69, 9.17) is 30.9 Å². The number of halogens is 2. The molecule has 35 heavy (non-hydrogen) atoms. The maximum Gasteiger partial charge on any atom is 0.293 e. The van der Waals surface area contributed by atoms with Crippen molar-refractivity contribution in [3.05, 3.63) is 100 Å². The molecule has 1 amide bonds. The average molecular weight is 496 g/mol. The fourth-order valence-electron chi connectivity index (χ4n) is 3.67. The Morgan fingerprint density at radius 1 is 1.06 bits per heavy atom. The van der Waals surface area contributed by atoms with Gasteiger partial charge in [0.05, 0.1) is 25.8 Å². The Hall–Kier alpha value is -4.04. The Morgan fingerprint density at radius 3 is 2.43 bits per heavy atom. The fourth-order valence-corrected chi connectivity index (χ4v) is 3.95. The van der Waals surface area contributed by atoms with Crippen molar-refractivity contribution in [3.8, 4) is 22.6 Å². The molecule has 0 unspecified atom stereocenters. The van der Waals surface area contributed by atoms with Gasteiger partial charge in [-0.05, 0) is 65.2 Å². The van der Waals surface area contributed by atoms with E-state index in [2.05, 4.69) is 5.32 Å². The van der Waals surface area contributed by atoms with E-state index in [1.54, 1.807) is 49.2 Å². The minimum atomic E-state index is -0.450. The third kappa shape index (κ3) is 5.73. The van der Waals surface area contributed by atoms with Crippen molar-refractivity contribution in [2.75, 3.05) is 14.2 Å². The van der Waals surface area contributed by atoms with Gasteiger partial charge in [-0.1, -0.05) is 11.6 Å². The second-order valence-corrected chi connectivity index (χ2v) is 8.19. The number of rotatable bonds is 8. The van der Waals surface area contributed by atoms with Crippen molar-refractivity contribution in [3.63, 3.8) is 0 Å². The summed E-state index contributed by atoms with van der Waals surface area (Å²) in [5.41, 5.74) is 3.16. The van der Waals surface area contributed by atoms with Gasteiger partial charge in [0.25, 0.3) is 11.6 Å². The SMILES string of the molecule is COc1cc(CNC(=O)c2cc(Cn3ccoc3=N)cc(-c3ccc(F)cc3Cl)c2)cc(OC)c1. The monoisotopic (exact) mass is 495 g/mol. The molecule has 0 aliphatic heterocycles. The zero-order valence-electron chi connectivity index (χ0n) is 19.1. The fraction of sp³-hybridized carbons (Fsp3) is 0.154. The van der Waals surface area contributed by atoms with E-state index in [0.29, 0.717) is 34.7 Å². The molecule has 7 nitrogen and oxygen atoms in total. The van der Waals surface area contributed by atoms with Gasteiger partial charge in [0.15, 0.2) is 0 Å². The number of aromatic nitrogens is 1. The second kappa shape index (κ2) is 10.5. The predicted molar refractivity (Wildman–Crippen MR) is 129 cm³/mol. The molecule has 0 fully saturated rings. The van der Waals surface area contributed by atoms with Crippen LogP contribution < -0.4 is 20.5 Å². The van der Waals surface area contributed by atoms with Gasteiger partial charge in [0, 0.05) is 29.9 Å². The van der Waals surface area contributed by atoms with Crippen molar-refractivity contribution in [1.82, 2.24) is 9.88 Å². The van der Waals surface area contributed by atoms with Crippen LogP contribution in [-0.4, -0.2) is 24.7 Å². The molecule has 0 aliphatic rings. The van der Waals surface area contributed by atoms with Gasteiger partial charge in [0.2, 0.25) is 0 Å². The lowest BCUT2D eigenvalue weighted by Gasteiger charge is -2.13. The molecule has 0 radical (unpaired) electrons. The normalized spacial score (nSPS) is 10.7. The Morgan fingerprint density at radius 2 is 1.80 bits per heavy atom. The first kappa shape index (κ1) is 24.1. The third-order valence-corrected chi connectivity index (χ3v) is 5.71. The minimum Gasteiger partial charge on any atom is -0.497 e. The molecule has 1 aromatic heterocycles. The van der Waals surface area contributed by atoms with Gasteiger partial charge in [-0.15, -0.1) is 0 Å². The summed E-state index contributed by atoms with van der Waals surface area (Å²) in [6, 6.07) is 14.8. The highest BCUT2D eigenvalue weighted by Gasteiger charge is 2.14. The molecule has 0 saturated carbocycles. The third-order valence-electron chi connectivity index (χ3n) is 5.40. The number of ether oxygens (including phenoxy) is 2. The highest BCUT2D eigenvalue weighted by Crippen LogP contribution is 2.30. The lowest BCUT2D eigenvalue weighted by Crippen LogP contribution is -2.23. The minimum absolute atomic E-state index is 0.0202. The smallest absolute Gasteiger partial charge is 0.293 e. The molecular weight excluding hydrogens is 473 g/mol. The Labute approximate surface area is 206 Å². The van der Waals surface area contributed by atoms with Crippen LogP contribution in [0.15, 0.2) is 71.5 Å². The Bertz CT molecular complexity index is 1410. The molecule has 4 rings (SSSR count). The second-order valence-electron chi connectivity index (χ2n) is 7.78. The number of hydrogen-bond acceptors (Lipinski definition) is 5. The van der Waals surface area contributed by atoms with Crippen LogP contribution in [0.25, 0.3) is 11.1 Å². The first-order chi connectivity index (χ1) is 16.9. The summed E-state index contributed by atoms with van der Waals surface area (Å²) < 4.78 is 30.8. The maximum absolute atomic E-state index is 13.6. The van der Waals surface area contributed by atoms with E-state index in [9.17, 15) is 9.18 Å². The number of nitrogens with zero attached hydrogens (tertiary/aromatic N) is 1. The molecular formula is C26H23ClFN3O4. The summed E-state index contributed by atoms with van der Waals surface area (Å²) in [5.74, 6) is 0.477. The molecule has 0 aliphatic carbocycles. The van der Waals surface area contributed by atoms with Crippen LogP contribution in [0.1, 0.15) is 21.5 Å². The van der Waals surface area contributed by atoms with Gasteiger partial charge in [-0.3, -0.25) is 14.8 Å². The van der Waals surface area contributed by atoms with Crippen LogP contribution >= 0.6 is 11.6 Å². The van der Waals surface area contributed by atoms with Crippen molar-refractivity contribution in [2.24, 2.45) is 0 Å². The van der Waals surface area contributed by atoms with E-state index in [-0.39, 0.29) is 23.2 Å². The van der Waals surface area contributed by atoms with Gasteiger partial charge >= 0.3 is 0 Å². The quantitative estimate of drug-likeness (QED) is 0.359. The van der Waals surface area contributed by atoms with Crippen LogP contribution in [-0.2, 0) is 13.1 Å². The first-order valence-corrected chi connectivity index (χ1v) is 11.0. The highest BCUT2D eigenvalue weighted by atomic mass is 35.5. The van der Waals surface area contributed by atoms with E-state index in [1.807, 2.05) is 18.2 Å². The Kier molecular flexibility index (Phi) is 7.22. The average Bonchev–Trinajstić information content (AvgIpc) is 3.26. The van der Waals surface area contributed by atoms with Gasteiger partial charge < -0.3 is 19.2 Å². The molecule has 3 aromatic carbocycles. The molecule has 0 spiro atoms.